The molecule has 1 amide bonds. The van der Waals surface area contributed by atoms with Gasteiger partial charge in [0.25, 0.3) is 5.69 Å². The summed E-state index contributed by atoms with van der Waals surface area (Å²) in [6.45, 7) is 0.372. The van der Waals surface area contributed by atoms with Gasteiger partial charge in [0.1, 0.15) is 0 Å². The minimum absolute atomic E-state index is 0.0493. The Morgan fingerprint density at radius 2 is 1.88 bits per heavy atom. The molecule has 2 aromatic rings. The number of nitrogens with zero attached hydrogens (tertiary/aromatic N) is 2. The molecule has 0 spiro atoms. The molecule has 0 saturated carbocycles. The Morgan fingerprint density at radius 3 is 2.62 bits per heavy atom. The number of hydrogen-bond acceptors (Lipinski definition) is 5. The smallest absolute Gasteiger partial charge is 0.314 e. The van der Waals surface area contributed by atoms with Gasteiger partial charge in [-0.25, -0.2) is 0 Å². The Hall–Kier alpha value is -3.49. The van der Waals surface area contributed by atoms with Crippen molar-refractivity contribution < 1.29 is 9.72 Å². The topological polar surface area (TPSA) is 129 Å². The molecular formula is C15H12N4O5. The van der Waals surface area contributed by atoms with E-state index in [0.717, 1.165) is 0 Å². The monoisotopic (exact) mass is 328 g/mol. The van der Waals surface area contributed by atoms with Crippen molar-refractivity contribution in [1.82, 2.24) is 14.9 Å². The molecule has 0 atom stereocenters. The van der Waals surface area contributed by atoms with E-state index in [2.05, 4.69) is 9.97 Å². The lowest BCUT2D eigenvalue weighted by Gasteiger charge is -2.19. The summed E-state index contributed by atoms with van der Waals surface area (Å²) in [5, 5.41) is 11.1. The number of aromatic amines is 2. The fourth-order valence-corrected chi connectivity index (χ4v) is 2.46. The summed E-state index contributed by atoms with van der Waals surface area (Å²) in [5.41, 5.74) is -1.24. The highest BCUT2D eigenvalue weighted by molar-refractivity contribution is 5.89. The van der Waals surface area contributed by atoms with Gasteiger partial charge in [-0.05, 0) is 0 Å². The Morgan fingerprint density at radius 1 is 1.12 bits per heavy atom. The summed E-state index contributed by atoms with van der Waals surface area (Å²) in [5.74, 6) is -0.258. The van der Waals surface area contributed by atoms with Crippen LogP contribution in [0.4, 0.5) is 5.69 Å². The van der Waals surface area contributed by atoms with E-state index >= 15 is 0 Å². The summed E-state index contributed by atoms with van der Waals surface area (Å²) < 4.78 is 0. The minimum atomic E-state index is -0.898. The van der Waals surface area contributed by atoms with Crippen LogP contribution in [0.5, 0.6) is 0 Å². The lowest BCUT2D eigenvalue weighted by molar-refractivity contribution is -0.384. The van der Waals surface area contributed by atoms with Gasteiger partial charge in [-0.15, -0.1) is 0 Å². The van der Waals surface area contributed by atoms with E-state index in [1.807, 2.05) is 0 Å². The molecule has 0 radical (unpaired) electrons. The van der Waals surface area contributed by atoms with Gasteiger partial charge in [-0.3, -0.25) is 24.5 Å². The van der Waals surface area contributed by atoms with Gasteiger partial charge in [-0.1, -0.05) is 18.2 Å². The number of allylic oxidation sites excluding steroid dienone is 2. The zero-order chi connectivity index (χ0) is 17.3. The second-order valence-corrected chi connectivity index (χ2v) is 5.20. The van der Waals surface area contributed by atoms with Crippen molar-refractivity contribution in [2.45, 2.75) is 6.54 Å². The Labute approximate surface area is 134 Å². The average molecular weight is 328 g/mol. The van der Waals surface area contributed by atoms with Crippen LogP contribution in [-0.2, 0) is 11.3 Å². The van der Waals surface area contributed by atoms with Gasteiger partial charge in [0.2, 0.25) is 5.91 Å². The number of benzene rings is 1. The third kappa shape index (κ3) is 2.86. The number of nitro groups is 1. The first-order valence-electron chi connectivity index (χ1n) is 7.01. The van der Waals surface area contributed by atoms with E-state index in [1.54, 1.807) is 18.2 Å². The van der Waals surface area contributed by atoms with Gasteiger partial charge in [0, 0.05) is 36.9 Å². The normalized spacial score (nSPS) is 14.2. The largest absolute Gasteiger partial charge is 0.331 e. The SMILES string of the molecule is O=C1C=CC=CCN1Cc1cc([N+](=O)[O-])cc2[nH]c(=O)c(=O)[nH]c12. The number of nitro benzene ring substituents is 1. The first kappa shape index (κ1) is 15.4. The maximum atomic E-state index is 12.0. The van der Waals surface area contributed by atoms with Crippen LogP contribution < -0.4 is 11.1 Å². The van der Waals surface area contributed by atoms with Crippen molar-refractivity contribution in [1.29, 1.82) is 0 Å². The summed E-state index contributed by atoms with van der Waals surface area (Å²) in [6, 6.07) is 2.45. The number of H-pyrrole nitrogens is 2. The molecule has 1 aromatic heterocycles. The number of carbonyl (C=O) groups excluding carboxylic acids is 1. The highest BCUT2D eigenvalue weighted by atomic mass is 16.6. The molecule has 9 heteroatoms. The Bertz CT molecular complexity index is 1010. The number of fused-ring (bicyclic) bond motifs is 1. The number of rotatable bonds is 3. The molecule has 24 heavy (non-hydrogen) atoms. The van der Waals surface area contributed by atoms with E-state index in [1.165, 1.54) is 23.1 Å². The molecule has 3 rings (SSSR count). The van der Waals surface area contributed by atoms with Crippen molar-refractivity contribution in [2.24, 2.45) is 0 Å². The highest BCUT2D eigenvalue weighted by Gasteiger charge is 2.18. The van der Waals surface area contributed by atoms with E-state index in [-0.39, 0.29) is 29.2 Å². The van der Waals surface area contributed by atoms with Gasteiger partial charge >= 0.3 is 11.1 Å². The predicted molar refractivity (Wildman–Crippen MR) is 85.5 cm³/mol. The molecule has 0 unspecified atom stereocenters. The molecule has 0 fully saturated rings. The molecule has 1 aliphatic rings. The van der Waals surface area contributed by atoms with Gasteiger partial charge in [-0.2, -0.15) is 0 Å². The van der Waals surface area contributed by atoms with E-state index in [9.17, 15) is 24.5 Å². The van der Waals surface area contributed by atoms with E-state index in [0.29, 0.717) is 12.1 Å². The molecule has 1 aromatic carbocycles. The number of hydrogen-bond donors (Lipinski definition) is 2. The molecule has 0 saturated heterocycles. The maximum absolute atomic E-state index is 12.0. The van der Waals surface area contributed by atoms with Crippen molar-refractivity contribution in [2.75, 3.05) is 6.54 Å². The Balaban J connectivity index is 2.16. The van der Waals surface area contributed by atoms with E-state index < -0.39 is 16.0 Å². The average Bonchev–Trinajstić information content (AvgIpc) is 2.73. The summed E-state index contributed by atoms with van der Waals surface area (Å²) in [7, 11) is 0. The molecule has 2 heterocycles. The van der Waals surface area contributed by atoms with Crippen molar-refractivity contribution in [3.8, 4) is 0 Å². The van der Waals surface area contributed by atoms with Crippen LogP contribution in [-0.4, -0.2) is 32.2 Å². The van der Waals surface area contributed by atoms with Crippen LogP contribution in [0.25, 0.3) is 11.0 Å². The Kier molecular flexibility index (Phi) is 3.82. The second-order valence-electron chi connectivity index (χ2n) is 5.20. The number of amides is 1. The molecule has 122 valence electrons. The molecule has 9 nitrogen and oxygen atoms in total. The minimum Gasteiger partial charge on any atom is -0.331 e. The van der Waals surface area contributed by atoms with Crippen LogP contribution in [0.15, 0.2) is 46.0 Å². The van der Waals surface area contributed by atoms with Crippen molar-refractivity contribution in [3.05, 3.63) is 72.8 Å². The number of non-ortho nitro benzene ring substituents is 1. The fraction of sp³-hybridized carbons (Fsp3) is 0.133. The third-order valence-corrected chi connectivity index (χ3v) is 3.59. The second kappa shape index (κ2) is 5.95. The maximum Gasteiger partial charge on any atom is 0.314 e. The van der Waals surface area contributed by atoms with Crippen LogP contribution in [0, 0.1) is 10.1 Å². The first-order valence-corrected chi connectivity index (χ1v) is 7.01. The molecular weight excluding hydrogens is 316 g/mol. The number of nitrogens with one attached hydrogen (secondary N) is 2. The molecule has 1 aliphatic heterocycles. The van der Waals surface area contributed by atoms with Gasteiger partial charge in [0.15, 0.2) is 0 Å². The standard InChI is InChI=1S/C15H12N4O5/c20-12-4-2-1-3-5-18(12)8-9-6-10(19(23)24)7-11-13(9)17-15(22)14(21)16-11/h1-4,6-7H,5,8H2,(H,16,21)(H,17,22). The predicted octanol–water partition coefficient (Wildman–Crippen LogP) is 0.579. The highest BCUT2D eigenvalue weighted by Crippen LogP contribution is 2.23. The molecule has 0 aliphatic carbocycles. The third-order valence-electron chi connectivity index (χ3n) is 3.59. The van der Waals surface area contributed by atoms with Gasteiger partial charge in [0.05, 0.1) is 16.0 Å². The van der Waals surface area contributed by atoms with Crippen LogP contribution in [0.2, 0.25) is 0 Å². The first-order chi connectivity index (χ1) is 11.5. The molecule has 2 N–H and O–H groups in total. The van der Waals surface area contributed by atoms with Crippen molar-refractivity contribution in [3.63, 3.8) is 0 Å². The lowest BCUT2D eigenvalue weighted by Crippen LogP contribution is -2.31. The number of carbonyl (C=O) groups is 1. The quantitative estimate of drug-likeness (QED) is 0.483. The zero-order valence-corrected chi connectivity index (χ0v) is 12.3. The van der Waals surface area contributed by atoms with Crippen LogP contribution in [0.1, 0.15) is 5.56 Å². The van der Waals surface area contributed by atoms with Crippen LogP contribution >= 0.6 is 0 Å². The van der Waals surface area contributed by atoms with Crippen LogP contribution in [0.3, 0.4) is 0 Å². The zero-order valence-electron chi connectivity index (χ0n) is 12.3. The van der Waals surface area contributed by atoms with Crippen molar-refractivity contribution >= 4 is 22.6 Å². The molecule has 0 bridgehead atoms. The summed E-state index contributed by atoms with van der Waals surface area (Å²) in [4.78, 5) is 51.8. The van der Waals surface area contributed by atoms with Gasteiger partial charge < -0.3 is 14.9 Å². The lowest BCUT2D eigenvalue weighted by atomic mass is 10.1. The van der Waals surface area contributed by atoms with E-state index in [4.69, 9.17) is 0 Å². The summed E-state index contributed by atoms with van der Waals surface area (Å²) in [6.07, 6.45) is 6.48. The fourth-order valence-electron chi connectivity index (χ4n) is 2.46. The summed E-state index contributed by atoms with van der Waals surface area (Å²) >= 11 is 0. The number of aromatic nitrogens is 2.